The summed E-state index contributed by atoms with van der Waals surface area (Å²) in [6.07, 6.45) is 0. The molecule has 0 saturated carbocycles. The molecule has 1 saturated heterocycles. The van der Waals surface area contributed by atoms with E-state index >= 15 is 0 Å². The Kier molecular flexibility index (Phi) is 2.92. The van der Waals surface area contributed by atoms with Gasteiger partial charge < -0.3 is 0 Å². The van der Waals surface area contributed by atoms with Gasteiger partial charge in [0.05, 0.1) is 10.9 Å². The van der Waals surface area contributed by atoms with Crippen LogP contribution in [0.2, 0.25) is 0 Å². The van der Waals surface area contributed by atoms with Crippen molar-refractivity contribution in [2.75, 3.05) is 6.54 Å². The van der Waals surface area contributed by atoms with Gasteiger partial charge in [-0.25, -0.2) is 8.42 Å². The molecule has 19 heavy (non-hydrogen) atoms. The summed E-state index contributed by atoms with van der Waals surface area (Å²) in [5, 5.41) is 0. The van der Waals surface area contributed by atoms with Crippen LogP contribution in [0.15, 0.2) is 59.5 Å². The van der Waals surface area contributed by atoms with E-state index in [4.69, 9.17) is 0 Å². The van der Waals surface area contributed by atoms with E-state index in [1.54, 1.807) is 24.3 Å². The average Bonchev–Trinajstić information content (AvgIpc) is 3.21. The number of hydrogen-bond donors (Lipinski definition) is 0. The maximum absolute atomic E-state index is 12.4. The Balaban J connectivity index is 1.87. The molecule has 1 aliphatic heterocycles. The third kappa shape index (κ3) is 2.29. The Labute approximate surface area is 113 Å². The highest BCUT2D eigenvalue weighted by atomic mass is 32.2. The number of rotatable bonds is 3. The van der Waals surface area contributed by atoms with E-state index in [0.717, 1.165) is 11.1 Å². The maximum atomic E-state index is 12.4. The van der Waals surface area contributed by atoms with Gasteiger partial charge in [-0.05, 0) is 24.6 Å². The highest BCUT2D eigenvalue weighted by Gasteiger charge is 2.45. The molecule has 0 aromatic heterocycles. The fraction of sp³-hybridized carbons (Fsp3) is 0.200. The highest BCUT2D eigenvalue weighted by Crippen LogP contribution is 2.40. The van der Waals surface area contributed by atoms with E-state index < -0.39 is 10.0 Å². The SMILES string of the molecule is Cc1cccc(C2CN2S(=O)(=O)c2ccccc2)c1. The second kappa shape index (κ2) is 4.47. The summed E-state index contributed by atoms with van der Waals surface area (Å²) in [5.74, 6) is 0. The Morgan fingerprint density at radius 3 is 2.47 bits per heavy atom. The molecule has 3 nitrogen and oxygen atoms in total. The molecule has 0 radical (unpaired) electrons. The van der Waals surface area contributed by atoms with Crippen LogP contribution >= 0.6 is 0 Å². The van der Waals surface area contributed by atoms with Crippen molar-refractivity contribution >= 4 is 10.0 Å². The molecule has 2 aromatic rings. The van der Waals surface area contributed by atoms with Gasteiger partial charge in [0.15, 0.2) is 0 Å². The van der Waals surface area contributed by atoms with E-state index in [2.05, 4.69) is 0 Å². The van der Waals surface area contributed by atoms with Crippen LogP contribution in [-0.2, 0) is 10.0 Å². The first kappa shape index (κ1) is 12.4. The van der Waals surface area contributed by atoms with E-state index in [0.29, 0.717) is 11.4 Å². The highest BCUT2D eigenvalue weighted by molar-refractivity contribution is 7.89. The second-order valence-electron chi connectivity index (χ2n) is 4.82. The van der Waals surface area contributed by atoms with E-state index in [1.807, 2.05) is 37.3 Å². The Morgan fingerprint density at radius 1 is 1.05 bits per heavy atom. The largest absolute Gasteiger partial charge is 0.243 e. The molecule has 0 aliphatic carbocycles. The Morgan fingerprint density at radius 2 is 1.79 bits per heavy atom. The zero-order valence-electron chi connectivity index (χ0n) is 10.7. The van der Waals surface area contributed by atoms with Crippen molar-refractivity contribution in [1.29, 1.82) is 0 Å². The van der Waals surface area contributed by atoms with Gasteiger partial charge in [-0.2, -0.15) is 4.31 Å². The number of sulfonamides is 1. The van der Waals surface area contributed by atoms with Crippen LogP contribution in [0.25, 0.3) is 0 Å². The van der Waals surface area contributed by atoms with Crippen molar-refractivity contribution in [2.24, 2.45) is 0 Å². The lowest BCUT2D eigenvalue weighted by molar-refractivity contribution is 0.554. The first-order valence-electron chi connectivity index (χ1n) is 6.22. The predicted octanol–water partition coefficient (Wildman–Crippen LogP) is 2.74. The van der Waals surface area contributed by atoms with E-state index in [-0.39, 0.29) is 6.04 Å². The van der Waals surface area contributed by atoms with Gasteiger partial charge in [-0.15, -0.1) is 0 Å². The van der Waals surface area contributed by atoms with Gasteiger partial charge in [0.1, 0.15) is 0 Å². The van der Waals surface area contributed by atoms with Gasteiger partial charge in [0.25, 0.3) is 0 Å². The Bertz CT molecular complexity index is 695. The molecule has 1 aliphatic rings. The minimum absolute atomic E-state index is 0.00916. The molecule has 1 fully saturated rings. The molecule has 98 valence electrons. The fourth-order valence-corrected chi connectivity index (χ4v) is 3.83. The molecule has 3 rings (SSSR count). The molecule has 0 spiro atoms. The topological polar surface area (TPSA) is 37.1 Å². The van der Waals surface area contributed by atoms with Crippen LogP contribution < -0.4 is 0 Å². The third-order valence-electron chi connectivity index (χ3n) is 3.34. The van der Waals surface area contributed by atoms with Gasteiger partial charge >= 0.3 is 0 Å². The molecular weight excluding hydrogens is 258 g/mol. The number of benzene rings is 2. The lowest BCUT2D eigenvalue weighted by Crippen LogP contribution is -2.12. The van der Waals surface area contributed by atoms with Crippen molar-refractivity contribution in [3.05, 3.63) is 65.7 Å². The quantitative estimate of drug-likeness (QED) is 0.806. The Hall–Kier alpha value is -1.65. The zero-order chi connectivity index (χ0) is 13.5. The molecule has 0 amide bonds. The molecule has 1 heterocycles. The van der Waals surface area contributed by atoms with E-state index in [1.165, 1.54) is 4.31 Å². The molecule has 0 bridgehead atoms. The maximum Gasteiger partial charge on any atom is 0.243 e. The van der Waals surface area contributed by atoms with Crippen LogP contribution in [0.4, 0.5) is 0 Å². The molecule has 2 unspecified atom stereocenters. The summed E-state index contributed by atoms with van der Waals surface area (Å²) in [7, 11) is -3.34. The third-order valence-corrected chi connectivity index (χ3v) is 5.23. The second-order valence-corrected chi connectivity index (χ2v) is 6.71. The molecular formula is C15H15NO2S. The summed E-state index contributed by atoms with van der Waals surface area (Å²) >= 11 is 0. The van der Waals surface area contributed by atoms with Gasteiger partial charge in [-0.1, -0.05) is 48.0 Å². The lowest BCUT2D eigenvalue weighted by atomic mass is 10.1. The zero-order valence-corrected chi connectivity index (χ0v) is 11.5. The number of nitrogens with zero attached hydrogens (tertiary/aromatic N) is 1. The summed E-state index contributed by atoms with van der Waals surface area (Å²) in [4.78, 5) is 0.366. The summed E-state index contributed by atoms with van der Waals surface area (Å²) < 4.78 is 26.3. The van der Waals surface area contributed by atoms with Crippen LogP contribution in [-0.4, -0.2) is 19.3 Å². The van der Waals surface area contributed by atoms with Crippen LogP contribution in [0, 0.1) is 6.92 Å². The van der Waals surface area contributed by atoms with Crippen molar-refractivity contribution in [3.63, 3.8) is 0 Å². The normalized spacial score (nSPS) is 22.2. The summed E-state index contributed by atoms with van der Waals surface area (Å²) in [6.45, 7) is 2.59. The number of aryl methyl sites for hydroxylation is 1. The number of hydrogen-bond acceptors (Lipinski definition) is 2. The average molecular weight is 273 g/mol. The minimum atomic E-state index is -3.34. The van der Waals surface area contributed by atoms with Gasteiger partial charge in [-0.3, -0.25) is 0 Å². The standard InChI is InChI=1S/C15H15NO2S/c1-12-6-5-7-13(10-12)15-11-16(15)19(17,18)14-8-3-2-4-9-14/h2-10,15H,11H2,1H3. The fourth-order valence-electron chi connectivity index (χ4n) is 2.27. The first-order chi connectivity index (χ1) is 9.09. The first-order valence-corrected chi connectivity index (χ1v) is 7.66. The molecule has 2 atom stereocenters. The van der Waals surface area contributed by atoms with Gasteiger partial charge in [0, 0.05) is 6.54 Å². The van der Waals surface area contributed by atoms with Crippen LogP contribution in [0.1, 0.15) is 17.2 Å². The van der Waals surface area contributed by atoms with Crippen molar-refractivity contribution in [3.8, 4) is 0 Å². The van der Waals surface area contributed by atoms with Crippen LogP contribution in [0.3, 0.4) is 0 Å². The van der Waals surface area contributed by atoms with Crippen molar-refractivity contribution < 1.29 is 8.42 Å². The lowest BCUT2D eigenvalue weighted by Gasteiger charge is -2.06. The van der Waals surface area contributed by atoms with Crippen molar-refractivity contribution in [1.82, 2.24) is 4.31 Å². The smallest absolute Gasteiger partial charge is 0.207 e. The summed E-state index contributed by atoms with van der Waals surface area (Å²) in [5.41, 5.74) is 2.22. The minimum Gasteiger partial charge on any atom is -0.207 e. The van der Waals surface area contributed by atoms with E-state index in [9.17, 15) is 8.42 Å². The molecule has 2 aromatic carbocycles. The monoisotopic (exact) mass is 273 g/mol. The van der Waals surface area contributed by atoms with Crippen LogP contribution in [0.5, 0.6) is 0 Å². The molecule has 4 heteroatoms. The summed E-state index contributed by atoms with van der Waals surface area (Å²) in [6, 6.07) is 16.6. The predicted molar refractivity (Wildman–Crippen MR) is 74.3 cm³/mol. The molecule has 0 N–H and O–H groups in total. The van der Waals surface area contributed by atoms with Gasteiger partial charge in [0.2, 0.25) is 10.0 Å². The van der Waals surface area contributed by atoms with Crippen molar-refractivity contribution in [2.45, 2.75) is 17.9 Å².